The zero-order chi connectivity index (χ0) is 32.3. The number of ketones is 1. The molecule has 2 aliphatic carbocycles. The molecule has 10 heteroatoms. The summed E-state index contributed by atoms with van der Waals surface area (Å²) < 4.78 is 23.6. The van der Waals surface area contributed by atoms with Crippen LogP contribution in [0.3, 0.4) is 0 Å². The third kappa shape index (κ3) is 7.41. The lowest BCUT2D eigenvalue weighted by atomic mass is 9.75. The quantitative estimate of drug-likeness (QED) is 0.296. The maximum Gasteiger partial charge on any atom is 0.338 e. The van der Waals surface area contributed by atoms with Crippen molar-refractivity contribution < 1.29 is 48.0 Å². The molecule has 10 nitrogen and oxygen atoms in total. The van der Waals surface area contributed by atoms with Crippen molar-refractivity contribution in [3.8, 4) is 0 Å². The summed E-state index contributed by atoms with van der Waals surface area (Å²) >= 11 is 0. The lowest BCUT2D eigenvalue weighted by Crippen LogP contribution is -2.53. The van der Waals surface area contributed by atoms with E-state index in [1.807, 2.05) is 6.92 Å². The molecule has 1 N–H and O–H groups in total. The Morgan fingerprint density at radius 2 is 1.47 bits per heavy atom. The van der Waals surface area contributed by atoms with Gasteiger partial charge in [-0.1, -0.05) is 51.1 Å². The summed E-state index contributed by atoms with van der Waals surface area (Å²) in [5, 5.41) is 11.3. The van der Waals surface area contributed by atoms with Crippen molar-refractivity contribution in [1.29, 1.82) is 0 Å². The number of carbonyl (C=O) groups excluding carboxylic acids is 5. The standard InChI is InChI=1S/C33H42O10/c1-18-14-25-29(42-31(39)24-12-10-9-11-13-24)20(3)17-33(25,43-23(6)36)30(41-22(5)35)19(2)15-27(37)32(7,8)28(38)16-26(18)40-21(4)34/h9-15,20,25-27,29-30,37H,16-17H2,1-8H3. The molecule has 7 unspecified atom stereocenters. The molecule has 0 heterocycles. The minimum Gasteiger partial charge on any atom is -0.458 e. The highest BCUT2D eigenvalue weighted by atomic mass is 16.6. The van der Waals surface area contributed by atoms with Gasteiger partial charge in [0.25, 0.3) is 0 Å². The maximum absolute atomic E-state index is 13.5. The SMILES string of the molecule is CC(=O)OC1CC(=O)C(C)(C)C(O)C=C(C)C(OC(C)=O)C2(OC(C)=O)CC(C)C(OC(=O)c3ccccc3)C2C=C1C. The molecule has 2 aliphatic rings. The van der Waals surface area contributed by atoms with Gasteiger partial charge in [0.15, 0.2) is 11.7 Å². The van der Waals surface area contributed by atoms with Crippen LogP contribution in [0.5, 0.6) is 0 Å². The number of ether oxygens (including phenoxy) is 4. The summed E-state index contributed by atoms with van der Waals surface area (Å²) in [6.45, 7) is 11.9. The van der Waals surface area contributed by atoms with Crippen LogP contribution in [0.2, 0.25) is 0 Å². The van der Waals surface area contributed by atoms with Gasteiger partial charge in [-0.3, -0.25) is 19.2 Å². The molecule has 1 saturated carbocycles. The van der Waals surface area contributed by atoms with E-state index >= 15 is 0 Å². The summed E-state index contributed by atoms with van der Waals surface area (Å²) in [6.07, 6.45) is -1.48. The number of carbonyl (C=O) groups is 5. The number of hydrogen-bond donors (Lipinski definition) is 1. The zero-order valence-electron chi connectivity index (χ0n) is 26.0. The minimum atomic E-state index is -1.59. The van der Waals surface area contributed by atoms with Gasteiger partial charge in [-0.15, -0.1) is 0 Å². The summed E-state index contributed by atoms with van der Waals surface area (Å²) in [5.41, 5.74) is -1.80. The third-order valence-electron chi connectivity index (χ3n) is 8.36. The topological polar surface area (TPSA) is 143 Å². The number of esters is 4. The van der Waals surface area contributed by atoms with Gasteiger partial charge in [-0.2, -0.15) is 0 Å². The van der Waals surface area contributed by atoms with Crippen LogP contribution < -0.4 is 0 Å². The van der Waals surface area contributed by atoms with Crippen LogP contribution in [0.25, 0.3) is 0 Å². The number of Topliss-reactive ketones (excluding diaryl/α,β-unsaturated/α-hetero) is 1. The van der Waals surface area contributed by atoms with Crippen LogP contribution >= 0.6 is 0 Å². The van der Waals surface area contributed by atoms with E-state index in [9.17, 15) is 29.1 Å². The maximum atomic E-state index is 13.5. The molecular formula is C33H42O10. The monoisotopic (exact) mass is 598 g/mol. The van der Waals surface area contributed by atoms with Crippen LogP contribution in [0.4, 0.5) is 0 Å². The van der Waals surface area contributed by atoms with Crippen molar-refractivity contribution in [1.82, 2.24) is 0 Å². The molecule has 1 aromatic carbocycles. The highest BCUT2D eigenvalue weighted by Gasteiger charge is 2.61. The van der Waals surface area contributed by atoms with Gasteiger partial charge in [0.05, 0.1) is 23.0 Å². The van der Waals surface area contributed by atoms with E-state index in [1.54, 1.807) is 64.1 Å². The summed E-state index contributed by atoms with van der Waals surface area (Å²) in [4.78, 5) is 64.2. The van der Waals surface area contributed by atoms with Crippen molar-refractivity contribution in [2.75, 3.05) is 0 Å². The number of aliphatic hydroxyl groups is 1. The van der Waals surface area contributed by atoms with Crippen LogP contribution in [-0.2, 0) is 38.1 Å². The molecule has 43 heavy (non-hydrogen) atoms. The van der Waals surface area contributed by atoms with Gasteiger partial charge in [-0.05, 0) is 49.5 Å². The molecule has 0 bridgehead atoms. The van der Waals surface area contributed by atoms with Crippen molar-refractivity contribution >= 4 is 29.7 Å². The normalized spacial score (nSPS) is 30.8. The molecule has 0 amide bonds. The number of aliphatic hydroxyl groups excluding tert-OH is 1. The van der Waals surface area contributed by atoms with Gasteiger partial charge in [0.1, 0.15) is 18.0 Å². The lowest BCUT2D eigenvalue weighted by molar-refractivity contribution is -0.186. The Balaban J connectivity index is 2.33. The first-order valence-corrected chi connectivity index (χ1v) is 14.4. The number of fused-ring (bicyclic) bond motifs is 1. The number of hydrogen-bond acceptors (Lipinski definition) is 10. The van der Waals surface area contributed by atoms with Gasteiger partial charge in [0, 0.05) is 27.2 Å². The van der Waals surface area contributed by atoms with E-state index in [2.05, 4.69) is 0 Å². The number of benzene rings is 1. The van der Waals surface area contributed by atoms with E-state index in [0.717, 1.165) is 0 Å². The van der Waals surface area contributed by atoms with Crippen LogP contribution in [0.1, 0.15) is 78.6 Å². The zero-order valence-corrected chi connectivity index (χ0v) is 26.0. The van der Waals surface area contributed by atoms with Gasteiger partial charge in [-0.25, -0.2) is 4.79 Å². The van der Waals surface area contributed by atoms with Gasteiger partial charge >= 0.3 is 23.9 Å². The van der Waals surface area contributed by atoms with E-state index in [4.69, 9.17) is 18.9 Å². The molecule has 3 rings (SSSR count). The molecule has 0 spiro atoms. The van der Waals surface area contributed by atoms with Crippen LogP contribution in [-0.4, -0.2) is 64.8 Å². The molecule has 0 radical (unpaired) electrons. The van der Waals surface area contributed by atoms with Gasteiger partial charge < -0.3 is 24.1 Å². The van der Waals surface area contributed by atoms with E-state index in [1.165, 1.54) is 26.8 Å². The fourth-order valence-electron chi connectivity index (χ4n) is 6.06. The summed E-state index contributed by atoms with van der Waals surface area (Å²) in [5.74, 6) is -4.25. The Kier molecular flexibility index (Phi) is 10.4. The molecular weight excluding hydrogens is 556 g/mol. The Labute approximate surface area is 252 Å². The predicted molar refractivity (Wildman–Crippen MR) is 155 cm³/mol. The molecule has 1 fully saturated rings. The molecule has 0 saturated heterocycles. The predicted octanol–water partition coefficient (Wildman–Crippen LogP) is 4.29. The average Bonchev–Trinajstić information content (AvgIpc) is 3.15. The van der Waals surface area contributed by atoms with Crippen molar-refractivity contribution in [3.05, 3.63) is 59.2 Å². The van der Waals surface area contributed by atoms with Crippen molar-refractivity contribution in [2.24, 2.45) is 17.3 Å². The molecule has 0 aromatic heterocycles. The number of rotatable bonds is 5. The first kappa shape index (κ1) is 33.7. The van der Waals surface area contributed by atoms with E-state index < -0.39 is 71.1 Å². The van der Waals surface area contributed by atoms with E-state index in [-0.39, 0.29) is 18.6 Å². The van der Waals surface area contributed by atoms with Crippen molar-refractivity contribution in [3.63, 3.8) is 0 Å². The van der Waals surface area contributed by atoms with Gasteiger partial charge in [0.2, 0.25) is 0 Å². The van der Waals surface area contributed by atoms with E-state index in [0.29, 0.717) is 16.7 Å². The smallest absolute Gasteiger partial charge is 0.338 e. The van der Waals surface area contributed by atoms with Crippen molar-refractivity contribution in [2.45, 2.75) is 98.2 Å². The summed E-state index contributed by atoms with van der Waals surface area (Å²) in [6, 6.07) is 8.41. The van der Waals surface area contributed by atoms with Crippen LogP contribution in [0, 0.1) is 17.3 Å². The second-order valence-electron chi connectivity index (χ2n) is 12.2. The summed E-state index contributed by atoms with van der Waals surface area (Å²) in [7, 11) is 0. The third-order valence-corrected chi connectivity index (χ3v) is 8.36. The second kappa shape index (κ2) is 13.2. The van der Waals surface area contributed by atoms with Crippen LogP contribution in [0.15, 0.2) is 53.6 Å². The Morgan fingerprint density at radius 1 is 0.860 bits per heavy atom. The molecule has 7 atom stereocenters. The largest absolute Gasteiger partial charge is 0.458 e. The molecule has 1 aromatic rings. The highest BCUT2D eigenvalue weighted by Crippen LogP contribution is 2.51. The minimum absolute atomic E-state index is 0.119. The second-order valence-corrected chi connectivity index (χ2v) is 12.2. The Morgan fingerprint density at radius 3 is 2.02 bits per heavy atom. The Hall–Kier alpha value is -3.79. The first-order chi connectivity index (χ1) is 20.0. The first-order valence-electron chi connectivity index (χ1n) is 14.4. The molecule has 234 valence electrons. The fourth-order valence-corrected chi connectivity index (χ4v) is 6.06. The average molecular weight is 599 g/mol. The molecule has 0 aliphatic heterocycles. The fraction of sp³-hybridized carbons (Fsp3) is 0.545. The highest BCUT2D eigenvalue weighted by molar-refractivity contribution is 5.89. The Bertz CT molecular complexity index is 1310. The lowest BCUT2D eigenvalue weighted by Gasteiger charge is -2.42.